The van der Waals surface area contributed by atoms with Crippen molar-refractivity contribution in [2.24, 2.45) is 0 Å². The third-order valence-electron chi connectivity index (χ3n) is 4.01. The molecule has 0 atom stereocenters. The Labute approximate surface area is 161 Å². The zero-order chi connectivity index (χ0) is 20.8. The smallest absolute Gasteiger partial charge is 0.387 e. The van der Waals surface area contributed by atoms with Gasteiger partial charge in [-0.2, -0.15) is 8.78 Å². The highest BCUT2D eigenvalue weighted by atomic mass is 19.3. The molecule has 28 heavy (non-hydrogen) atoms. The molecule has 1 heterocycles. The van der Waals surface area contributed by atoms with Crippen molar-refractivity contribution < 1.29 is 32.6 Å². The highest BCUT2D eigenvalue weighted by molar-refractivity contribution is 6.09. The van der Waals surface area contributed by atoms with Gasteiger partial charge in [0.25, 0.3) is 0 Å². The zero-order valence-corrected chi connectivity index (χ0v) is 16.0. The SMILES string of the molecule is CCOC(=O)c1c(C)[nH]c(C(=O)C=Cc2cccc(OC)c2OC(F)F)c1C. The van der Waals surface area contributed by atoms with Crippen LogP contribution in [0.1, 0.15) is 44.6 Å². The minimum Gasteiger partial charge on any atom is -0.493 e. The maximum Gasteiger partial charge on any atom is 0.387 e. The van der Waals surface area contributed by atoms with Crippen LogP contribution < -0.4 is 9.47 Å². The van der Waals surface area contributed by atoms with Gasteiger partial charge in [-0.25, -0.2) is 4.79 Å². The molecule has 1 aromatic heterocycles. The van der Waals surface area contributed by atoms with E-state index in [1.54, 1.807) is 26.8 Å². The second kappa shape index (κ2) is 9.16. The molecule has 0 saturated heterocycles. The van der Waals surface area contributed by atoms with Crippen LogP contribution in [0.5, 0.6) is 11.5 Å². The number of halogens is 2. The van der Waals surface area contributed by atoms with Crippen LogP contribution in [0.3, 0.4) is 0 Å². The summed E-state index contributed by atoms with van der Waals surface area (Å²) in [5.41, 5.74) is 1.74. The normalized spacial score (nSPS) is 11.1. The number of carbonyl (C=O) groups excluding carboxylic acids is 2. The number of allylic oxidation sites excluding steroid dienone is 1. The van der Waals surface area contributed by atoms with Gasteiger partial charge in [-0.05, 0) is 44.6 Å². The number of ether oxygens (including phenoxy) is 3. The van der Waals surface area contributed by atoms with Gasteiger partial charge in [0.15, 0.2) is 11.5 Å². The van der Waals surface area contributed by atoms with E-state index in [2.05, 4.69) is 9.72 Å². The number of ketones is 1. The lowest BCUT2D eigenvalue weighted by molar-refractivity contribution is -0.0513. The Bertz CT molecular complexity index is 902. The third kappa shape index (κ3) is 4.57. The summed E-state index contributed by atoms with van der Waals surface area (Å²) in [5.74, 6) is -0.999. The van der Waals surface area contributed by atoms with Crippen LogP contribution in [-0.2, 0) is 4.74 Å². The lowest BCUT2D eigenvalue weighted by Crippen LogP contribution is -2.07. The number of aromatic amines is 1. The number of hydrogen-bond donors (Lipinski definition) is 1. The Morgan fingerprint density at radius 2 is 1.96 bits per heavy atom. The fraction of sp³-hybridized carbons (Fsp3) is 0.300. The largest absolute Gasteiger partial charge is 0.493 e. The predicted octanol–water partition coefficient (Wildman–Crippen LogP) is 4.31. The summed E-state index contributed by atoms with van der Waals surface area (Å²) in [7, 11) is 1.33. The standard InChI is InChI=1S/C20H21F2NO5/c1-5-27-19(25)16-11(2)17(23-12(16)3)14(24)10-9-13-7-6-8-15(26-4)18(13)28-20(21)22/h6-10,20,23H,5H2,1-4H3. The van der Waals surface area contributed by atoms with Crippen molar-refractivity contribution in [3.05, 3.63) is 52.4 Å². The molecule has 0 aliphatic heterocycles. The minimum atomic E-state index is -3.04. The Hall–Kier alpha value is -3.16. The number of esters is 1. The number of carbonyl (C=O) groups is 2. The van der Waals surface area contributed by atoms with Gasteiger partial charge in [0.05, 0.1) is 25.0 Å². The van der Waals surface area contributed by atoms with Crippen molar-refractivity contribution in [1.29, 1.82) is 0 Å². The fourth-order valence-corrected chi connectivity index (χ4v) is 2.79. The Morgan fingerprint density at radius 3 is 2.57 bits per heavy atom. The maximum absolute atomic E-state index is 12.7. The molecule has 6 nitrogen and oxygen atoms in total. The van der Waals surface area contributed by atoms with Gasteiger partial charge < -0.3 is 19.2 Å². The fourth-order valence-electron chi connectivity index (χ4n) is 2.79. The summed E-state index contributed by atoms with van der Waals surface area (Å²) in [5, 5.41) is 0. The molecule has 0 saturated carbocycles. The van der Waals surface area contributed by atoms with Crippen molar-refractivity contribution in [3.63, 3.8) is 0 Å². The molecule has 0 amide bonds. The minimum absolute atomic E-state index is 0.117. The number of para-hydroxylation sites is 1. The van der Waals surface area contributed by atoms with E-state index in [9.17, 15) is 18.4 Å². The number of benzene rings is 1. The molecule has 150 valence electrons. The number of aryl methyl sites for hydroxylation is 1. The van der Waals surface area contributed by atoms with Gasteiger partial charge in [0.1, 0.15) is 0 Å². The number of nitrogens with one attached hydrogen (secondary N) is 1. The molecule has 1 aromatic carbocycles. The van der Waals surface area contributed by atoms with E-state index in [4.69, 9.17) is 9.47 Å². The van der Waals surface area contributed by atoms with Gasteiger partial charge in [0.2, 0.25) is 5.78 Å². The molecule has 0 unspecified atom stereocenters. The van der Waals surface area contributed by atoms with Gasteiger partial charge in [-0.3, -0.25) is 4.79 Å². The Balaban J connectivity index is 2.35. The molecule has 0 aliphatic rings. The predicted molar refractivity (Wildman–Crippen MR) is 99.2 cm³/mol. The molecule has 0 aliphatic carbocycles. The zero-order valence-electron chi connectivity index (χ0n) is 16.0. The van der Waals surface area contributed by atoms with E-state index in [0.29, 0.717) is 16.8 Å². The van der Waals surface area contributed by atoms with Crippen LogP contribution in [0.25, 0.3) is 6.08 Å². The van der Waals surface area contributed by atoms with Crippen molar-refractivity contribution >= 4 is 17.8 Å². The molecular formula is C20H21F2NO5. The second-order valence-electron chi connectivity index (χ2n) is 5.80. The number of H-pyrrole nitrogens is 1. The number of hydrogen-bond acceptors (Lipinski definition) is 5. The van der Waals surface area contributed by atoms with Crippen LogP contribution >= 0.6 is 0 Å². The van der Waals surface area contributed by atoms with Crippen molar-refractivity contribution in [2.45, 2.75) is 27.4 Å². The van der Waals surface area contributed by atoms with E-state index >= 15 is 0 Å². The molecule has 0 radical (unpaired) electrons. The molecule has 2 rings (SSSR count). The summed E-state index contributed by atoms with van der Waals surface area (Å²) in [6, 6.07) is 4.58. The van der Waals surface area contributed by atoms with E-state index in [-0.39, 0.29) is 29.4 Å². The maximum atomic E-state index is 12.7. The molecule has 1 N–H and O–H groups in total. The van der Waals surface area contributed by atoms with E-state index in [0.717, 1.165) is 0 Å². The summed E-state index contributed by atoms with van der Waals surface area (Å²) < 4.78 is 40.0. The lowest BCUT2D eigenvalue weighted by Gasteiger charge is -2.12. The quantitative estimate of drug-likeness (QED) is 0.411. The summed E-state index contributed by atoms with van der Waals surface area (Å²) >= 11 is 0. The van der Waals surface area contributed by atoms with Crippen molar-refractivity contribution in [3.8, 4) is 11.5 Å². The topological polar surface area (TPSA) is 77.6 Å². The van der Waals surface area contributed by atoms with Crippen molar-refractivity contribution in [1.82, 2.24) is 4.98 Å². The summed E-state index contributed by atoms with van der Waals surface area (Å²) in [6.45, 7) is 2.16. The molecule has 2 aromatic rings. The van der Waals surface area contributed by atoms with Gasteiger partial charge >= 0.3 is 12.6 Å². The average Bonchev–Trinajstić information content (AvgIpc) is 2.94. The Kier molecular flexibility index (Phi) is 6.92. The van der Waals surface area contributed by atoms with Gasteiger partial charge in [-0.1, -0.05) is 12.1 Å². The van der Waals surface area contributed by atoms with Crippen LogP contribution in [-0.4, -0.2) is 37.1 Å². The number of methoxy groups -OCH3 is 1. The molecule has 0 bridgehead atoms. The van der Waals surface area contributed by atoms with Gasteiger partial charge in [0, 0.05) is 11.3 Å². The first kappa shape index (κ1) is 21.1. The second-order valence-corrected chi connectivity index (χ2v) is 5.80. The molecule has 0 fully saturated rings. The number of rotatable bonds is 8. The number of aromatic nitrogens is 1. The molecule has 8 heteroatoms. The van der Waals surface area contributed by atoms with Gasteiger partial charge in [-0.15, -0.1) is 0 Å². The highest BCUT2D eigenvalue weighted by Gasteiger charge is 2.22. The van der Waals surface area contributed by atoms with Crippen LogP contribution in [0.2, 0.25) is 0 Å². The first-order valence-electron chi connectivity index (χ1n) is 8.50. The van der Waals surface area contributed by atoms with Crippen LogP contribution in [0.15, 0.2) is 24.3 Å². The monoisotopic (exact) mass is 393 g/mol. The molecular weight excluding hydrogens is 372 g/mol. The van der Waals surface area contributed by atoms with Crippen molar-refractivity contribution in [2.75, 3.05) is 13.7 Å². The third-order valence-corrected chi connectivity index (χ3v) is 4.01. The van der Waals surface area contributed by atoms with E-state index < -0.39 is 18.4 Å². The average molecular weight is 393 g/mol. The lowest BCUT2D eigenvalue weighted by atomic mass is 10.1. The summed E-state index contributed by atoms with van der Waals surface area (Å²) in [6.07, 6.45) is 2.56. The molecule has 0 spiro atoms. The summed E-state index contributed by atoms with van der Waals surface area (Å²) in [4.78, 5) is 27.5. The van der Waals surface area contributed by atoms with E-state index in [1.165, 1.54) is 31.4 Å². The van der Waals surface area contributed by atoms with E-state index in [1.807, 2.05) is 0 Å². The van der Waals surface area contributed by atoms with Crippen LogP contribution in [0.4, 0.5) is 8.78 Å². The van der Waals surface area contributed by atoms with Crippen LogP contribution in [0, 0.1) is 13.8 Å². The Morgan fingerprint density at radius 1 is 1.25 bits per heavy atom. The highest BCUT2D eigenvalue weighted by Crippen LogP contribution is 2.33. The number of alkyl halides is 2. The first-order valence-corrected chi connectivity index (χ1v) is 8.50. The first-order chi connectivity index (χ1) is 13.3.